The van der Waals surface area contributed by atoms with Crippen molar-refractivity contribution in [2.75, 3.05) is 20.2 Å². The van der Waals surface area contributed by atoms with Crippen LogP contribution in [0.25, 0.3) is 0 Å². The van der Waals surface area contributed by atoms with Crippen molar-refractivity contribution < 1.29 is 27.5 Å². The maximum Gasteiger partial charge on any atom is 0.345 e. The molecule has 9 nitrogen and oxygen atoms in total. The smallest absolute Gasteiger partial charge is 0.345 e. The first-order valence-corrected chi connectivity index (χ1v) is 15.4. The lowest BCUT2D eigenvalue weighted by atomic mass is 9.98. The number of hydrogen-bond acceptors (Lipinski definition) is 7. The van der Waals surface area contributed by atoms with Gasteiger partial charge in [-0.1, -0.05) is 40.9 Å². The number of nitrogens with one attached hydrogen (secondary N) is 1. The summed E-state index contributed by atoms with van der Waals surface area (Å²) in [6.07, 6.45) is 2.21. The Balaban J connectivity index is 1.34. The second-order valence-corrected chi connectivity index (χ2v) is 12.8. The van der Waals surface area contributed by atoms with Gasteiger partial charge in [-0.2, -0.15) is 9.41 Å². The molecule has 4 rings (SSSR count). The van der Waals surface area contributed by atoms with Gasteiger partial charge in [0.25, 0.3) is 0 Å². The highest BCUT2D eigenvalue weighted by atomic mass is 35.5. The van der Waals surface area contributed by atoms with Crippen LogP contribution in [-0.4, -0.2) is 51.0 Å². The third kappa shape index (κ3) is 7.12. The number of hydrogen-bond donors (Lipinski definition) is 1. The summed E-state index contributed by atoms with van der Waals surface area (Å²) in [5.74, 6) is -0.886. The van der Waals surface area contributed by atoms with Gasteiger partial charge in [-0.3, -0.25) is 4.79 Å². The Labute approximate surface area is 255 Å². The van der Waals surface area contributed by atoms with Gasteiger partial charge in [-0.15, -0.1) is 0 Å². The fourth-order valence-electron chi connectivity index (χ4n) is 4.98. The summed E-state index contributed by atoms with van der Waals surface area (Å²) in [7, 11) is -2.23. The molecule has 1 aliphatic rings. The molecule has 0 aliphatic carbocycles. The average Bonchev–Trinajstić information content (AvgIpc) is 2.93. The van der Waals surface area contributed by atoms with E-state index in [-0.39, 0.29) is 47.0 Å². The molecule has 0 spiro atoms. The molecular formula is C30H31Cl2N3O6S. The number of rotatable bonds is 8. The molecule has 42 heavy (non-hydrogen) atoms. The van der Waals surface area contributed by atoms with Crippen molar-refractivity contribution in [3.63, 3.8) is 0 Å². The number of carbonyl (C=O) groups is 2. The minimum Gasteiger partial charge on any atom is -0.493 e. The predicted molar refractivity (Wildman–Crippen MR) is 162 cm³/mol. The van der Waals surface area contributed by atoms with Crippen LogP contribution in [0.3, 0.4) is 0 Å². The third-order valence-electron chi connectivity index (χ3n) is 6.96. The average molecular weight is 633 g/mol. The number of nitrogens with zero attached hydrogens (tertiary/aromatic N) is 2. The summed E-state index contributed by atoms with van der Waals surface area (Å²) >= 11 is 12.0. The normalized spacial score (nSPS) is 14.6. The number of benzene rings is 3. The zero-order valence-corrected chi connectivity index (χ0v) is 25.9. The lowest BCUT2D eigenvalue weighted by Gasteiger charge is -2.31. The number of ether oxygens (including phenoxy) is 2. The molecule has 1 aliphatic heterocycles. The van der Waals surface area contributed by atoms with E-state index < -0.39 is 16.0 Å². The van der Waals surface area contributed by atoms with Crippen LogP contribution in [0.2, 0.25) is 10.0 Å². The largest absolute Gasteiger partial charge is 0.493 e. The second-order valence-electron chi connectivity index (χ2n) is 10.1. The Morgan fingerprint density at radius 2 is 1.64 bits per heavy atom. The van der Waals surface area contributed by atoms with Crippen LogP contribution in [0, 0.1) is 26.7 Å². The minimum atomic E-state index is -3.66. The molecule has 3 aromatic rings. The Kier molecular flexibility index (Phi) is 9.93. The minimum absolute atomic E-state index is 0.153. The molecule has 3 aromatic carbocycles. The van der Waals surface area contributed by atoms with E-state index >= 15 is 0 Å². The number of carbonyl (C=O) groups excluding carboxylic acids is 2. The van der Waals surface area contributed by atoms with E-state index in [9.17, 15) is 18.0 Å². The van der Waals surface area contributed by atoms with Gasteiger partial charge in [0.2, 0.25) is 15.9 Å². The molecule has 1 amide bonds. The van der Waals surface area contributed by atoms with Crippen molar-refractivity contribution >= 4 is 51.3 Å². The van der Waals surface area contributed by atoms with Gasteiger partial charge in [0.1, 0.15) is 0 Å². The summed E-state index contributed by atoms with van der Waals surface area (Å²) in [5, 5.41) is 4.60. The number of amides is 1. The van der Waals surface area contributed by atoms with E-state index in [2.05, 4.69) is 10.5 Å². The highest BCUT2D eigenvalue weighted by molar-refractivity contribution is 7.89. The van der Waals surface area contributed by atoms with Crippen molar-refractivity contribution in [2.24, 2.45) is 11.0 Å². The predicted octanol–water partition coefficient (Wildman–Crippen LogP) is 5.70. The number of hydrazone groups is 1. The SMILES string of the molecule is COc1cc(/C=N\NC(=O)C2CCN(S(=O)(=O)c3c(C)cc(C)cc3C)CC2)ccc1OC(=O)c1ccc(Cl)cc1Cl. The standard InChI is InChI=1S/C30H31Cl2N3O6S/c1-18-13-19(2)28(20(3)14-18)42(38,39)35-11-9-22(10-12-35)29(36)34-33-17-21-5-8-26(27(15-21)40-4)41-30(37)24-7-6-23(31)16-25(24)32/h5-8,13-17,22H,9-12H2,1-4H3,(H,34,36)/b33-17-. The number of halogens is 2. The molecule has 0 bridgehead atoms. The summed E-state index contributed by atoms with van der Waals surface area (Å²) in [6.45, 7) is 6.04. The maximum atomic E-state index is 13.3. The third-order valence-corrected chi connectivity index (χ3v) is 9.71. The molecule has 12 heteroatoms. The van der Waals surface area contributed by atoms with E-state index in [4.69, 9.17) is 32.7 Å². The van der Waals surface area contributed by atoms with Crippen molar-refractivity contribution in [3.05, 3.63) is 86.4 Å². The first kappa shape index (κ1) is 31.5. The molecule has 222 valence electrons. The van der Waals surface area contributed by atoms with Gasteiger partial charge in [-0.25, -0.2) is 18.6 Å². The molecule has 0 unspecified atom stereocenters. The summed E-state index contributed by atoms with van der Waals surface area (Å²) in [4.78, 5) is 25.7. The van der Waals surface area contributed by atoms with Crippen molar-refractivity contribution in [1.29, 1.82) is 0 Å². The molecule has 0 atom stereocenters. The molecule has 1 heterocycles. The molecule has 0 radical (unpaired) electrons. The number of aryl methyl sites for hydroxylation is 3. The lowest BCUT2D eigenvalue weighted by molar-refractivity contribution is -0.126. The Bertz CT molecular complexity index is 1630. The first-order valence-electron chi connectivity index (χ1n) is 13.2. The van der Waals surface area contributed by atoms with Crippen molar-refractivity contribution in [2.45, 2.75) is 38.5 Å². The van der Waals surface area contributed by atoms with Gasteiger partial charge in [0, 0.05) is 24.0 Å². The summed E-state index contributed by atoms with van der Waals surface area (Å²) in [6, 6.07) is 13.0. The highest BCUT2D eigenvalue weighted by Crippen LogP contribution is 2.31. The van der Waals surface area contributed by atoms with Crippen LogP contribution in [0.1, 0.15) is 45.5 Å². The summed E-state index contributed by atoms with van der Waals surface area (Å²) < 4.78 is 38.9. The van der Waals surface area contributed by atoms with Gasteiger partial charge < -0.3 is 9.47 Å². The van der Waals surface area contributed by atoms with Gasteiger partial charge in [0.15, 0.2) is 11.5 Å². The molecule has 1 saturated heterocycles. The zero-order valence-electron chi connectivity index (χ0n) is 23.6. The van der Waals surface area contributed by atoms with Gasteiger partial charge >= 0.3 is 5.97 Å². The van der Waals surface area contributed by atoms with Gasteiger partial charge in [0.05, 0.1) is 28.8 Å². The first-order chi connectivity index (χ1) is 19.9. The van der Waals surface area contributed by atoms with Gasteiger partial charge in [-0.05, 0) is 86.7 Å². The topological polar surface area (TPSA) is 114 Å². The zero-order chi connectivity index (χ0) is 30.6. The summed E-state index contributed by atoms with van der Waals surface area (Å²) in [5.41, 5.74) is 5.72. The molecule has 0 aromatic heterocycles. The number of esters is 1. The van der Waals surface area contributed by atoms with E-state index in [1.807, 2.05) is 19.1 Å². The molecule has 1 fully saturated rings. The molecular weight excluding hydrogens is 601 g/mol. The van der Waals surface area contributed by atoms with E-state index in [0.29, 0.717) is 28.3 Å². The van der Waals surface area contributed by atoms with E-state index in [1.54, 1.807) is 26.0 Å². The fraction of sp³-hybridized carbons (Fsp3) is 0.300. The quantitative estimate of drug-likeness (QED) is 0.148. The Hall–Kier alpha value is -3.44. The Morgan fingerprint density at radius 3 is 2.26 bits per heavy atom. The van der Waals surface area contributed by atoms with Crippen molar-refractivity contribution in [1.82, 2.24) is 9.73 Å². The highest BCUT2D eigenvalue weighted by Gasteiger charge is 2.33. The number of sulfonamides is 1. The van der Waals surface area contributed by atoms with Crippen molar-refractivity contribution in [3.8, 4) is 11.5 Å². The fourth-order valence-corrected chi connectivity index (χ4v) is 7.35. The van der Waals surface area contributed by atoms with E-state index in [0.717, 1.165) is 16.7 Å². The monoisotopic (exact) mass is 631 g/mol. The van der Waals surface area contributed by atoms with Crippen LogP contribution in [0.4, 0.5) is 0 Å². The Morgan fingerprint density at radius 1 is 0.976 bits per heavy atom. The number of piperidine rings is 1. The molecule has 0 saturated carbocycles. The lowest BCUT2D eigenvalue weighted by Crippen LogP contribution is -2.42. The van der Waals surface area contributed by atoms with E-state index in [1.165, 1.54) is 41.9 Å². The van der Waals surface area contributed by atoms with Crippen LogP contribution >= 0.6 is 23.2 Å². The second kappa shape index (κ2) is 13.2. The van der Waals surface area contributed by atoms with Crippen LogP contribution < -0.4 is 14.9 Å². The molecule has 1 N–H and O–H groups in total. The van der Waals surface area contributed by atoms with Crippen LogP contribution in [-0.2, 0) is 14.8 Å². The van der Waals surface area contributed by atoms with Crippen LogP contribution in [0.5, 0.6) is 11.5 Å². The maximum absolute atomic E-state index is 13.3. The number of methoxy groups -OCH3 is 1. The van der Waals surface area contributed by atoms with Crippen LogP contribution in [0.15, 0.2) is 58.5 Å².